The Balaban J connectivity index is 4.49. The largest absolute Gasteiger partial charge is 0.504 e. The van der Waals surface area contributed by atoms with Crippen LogP contribution in [-0.4, -0.2) is 23.9 Å². The van der Waals surface area contributed by atoms with Crippen molar-refractivity contribution < 1.29 is 15.3 Å². The lowest BCUT2D eigenvalue weighted by Crippen LogP contribution is -2.18. The summed E-state index contributed by atoms with van der Waals surface area (Å²) in [6, 6.07) is 0. The first-order chi connectivity index (χ1) is 4.41. The van der Waals surface area contributed by atoms with Gasteiger partial charge in [0.1, 0.15) is 0 Å². The molecule has 6 heteroatoms. The highest BCUT2D eigenvalue weighted by molar-refractivity contribution is 9.26. The van der Waals surface area contributed by atoms with Crippen molar-refractivity contribution in [3.05, 3.63) is 11.7 Å². The van der Waals surface area contributed by atoms with E-state index < -0.39 is 14.9 Å². The molecule has 0 heterocycles. The molecule has 0 aliphatic carbocycles. The van der Waals surface area contributed by atoms with E-state index in [1.54, 1.807) is 0 Å². The van der Waals surface area contributed by atoms with Crippen LogP contribution in [0.15, 0.2) is 11.7 Å². The molecule has 0 fully saturated rings. The fourth-order valence-electron chi connectivity index (χ4n) is 0.227. The summed E-state index contributed by atoms with van der Waals surface area (Å²) in [6.07, 6.45) is 0. The van der Waals surface area contributed by atoms with Gasteiger partial charge in [-0.15, -0.1) is 0 Å². The molecule has 0 amide bonds. The second-order valence-electron chi connectivity index (χ2n) is 1.51. The van der Waals surface area contributed by atoms with Crippen LogP contribution in [0, 0.1) is 0 Å². The molecular weight excluding hydrogens is 336 g/mol. The van der Waals surface area contributed by atoms with Crippen LogP contribution in [0.1, 0.15) is 0 Å². The van der Waals surface area contributed by atoms with E-state index in [4.69, 9.17) is 15.3 Å². The first-order valence-corrected chi connectivity index (χ1v) is 4.88. The summed E-state index contributed by atoms with van der Waals surface area (Å²) in [5.41, 5.74) is 0. The zero-order valence-corrected chi connectivity index (χ0v) is 9.44. The molecule has 0 aromatic heterocycles. The smallest absolute Gasteiger partial charge is 0.316 e. The monoisotopic (exact) mass is 338 g/mol. The van der Waals surface area contributed by atoms with E-state index in [0.717, 1.165) is 0 Å². The molecule has 60 valence electrons. The van der Waals surface area contributed by atoms with E-state index in [-0.39, 0.29) is 0 Å². The van der Waals surface area contributed by atoms with E-state index in [9.17, 15) is 0 Å². The molecular formula is C4H5Br3O3. The van der Waals surface area contributed by atoms with Crippen molar-refractivity contribution in [3.8, 4) is 0 Å². The molecule has 0 radical (unpaired) electrons. The molecule has 0 saturated carbocycles. The minimum atomic E-state index is -1.10. The fraction of sp³-hybridized carbons (Fsp3) is 0.500. The Kier molecular flexibility index (Phi) is 4.05. The van der Waals surface area contributed by atoms with Crippen LogP contribution < -0.4 is 0 Å². The lowest BCUT2D eigenvalue weighted by molar-refractivity contribution is 0.155. The molecule has 0 atom stereocenters. The van der Waals surface area contributed by atoms with Crippen molar-refractivity contribution in [1.82, 2.24) is 0 Å². The van der Waals surface area contributed by atoms with Gasteiger partial charge in [0.15, 0.2) is 3.23 Å². The maximum absolute atomic E-state index is 8.91. The molecule has 0 spiro atoms. The lowest BCUT2D eigenvalue weighted by atomic mass is 10.4. The normalized spacial score (nSPS) is 11.1. The summed E-state index contributed by atoms with van der Waals surface area (Å²) in [7, 11) is 0. The van der Waals surface area contributed by atoms with Crippen molar-refractivity contribution in [3.63, 3.8) is 0 Å². The Morgan fingerprint density at radius 1 is 1.20 bits per heavy atom. The Hall–Kier alpha value is 0.580. The molecule has 0 saturated heterocycles. The van der Waals surface area contributed by atoms with Crippen molar-refractivity contribution in [2.45, 2.75) is 3.23 Å². The molecule has 10 heavy (non-hydrogen) atoms. The van der Waals surface area contributed by atoms with Crippen LogP contribution in [0.3, 0.4) is 0 Å². The zero-order chi connectivity index (χ0) is 8.36. The third kappa shape index (κ3) is 2.67. The van der Waals surface area contributed by atoms with E-state index >= 15 is 0 Å². The number of rotatable bonds is 2. The highest BCUT2D eigenvalue weighted by Crippen LogP contribution is 2.35. The number of halogens is 3. The van der Waals surface area contributed by atoms with Gasteiger partial charge in [0.2, 0.25) is 5.76 Å². The summed E-state index contributed by atoms with van der Waals surface area (Å²) in [4.78, 5) is 0. The van der Waals surface area contributed by atoms with Gasteiger partial charge < -0.3 is 15.3 Å². The van der Waals surface area contributed by atoms with Gasteiger partial charge in [0.05, 0.1) is 0 Å². The van der Waals surface area contributed by atoms with Gasteiger partial charge in [-0.05, 0) is 0 Å². The third-order valence-electron chi connectivity index (χ3n) is 0.726. The van der Waals surface area contributed by atoms with Crippen LogP contribution in [0.2, 0.25) is 0 Å². The molecule has 3 nitrogen and oxygen atoms in total. The SMILES string of the molecule is OC(O)=C(O)C(Br)(Br)CBr. The minimum absolute atomic E-state index is 0.302. The van der Waals surface area contributed by atoms with E-state index in [1.165, 1.54) is 0 Å². The Labute approximate surface area is 83.1 Å². The van der Waals surface area contributed by atoms with Crippen LogP contribution in [0.25, 0.3) is 0 Å². The van der Waals surface area contributed by atoms with Crippen LogP contribution in [0.4, 0.5) is 0 Å². The molecule has 3 N–H and O–H groups in total. The molecule has 0 aliphatic heterocycles. The van der Waals surface area contributed by atoms with Crippen molar-refractivity contribution in [2.75, 3.05) is 5.33 Å². The number of allylic oxidation sites excluding steroid dienone is 1. The summed E-state index contributed by atoms with van der Waals surface area (Å²) in [5, 5.41) is 26.0. The number of hydrogen-bond acceptors (Lipinski definition) is 3. The minimum Gasteiger partial charge on any atom is -0.504 e. The van der Waals surface area contributed by atoms with E-state index in [2.05, 4.69) is 47.8 Å². The summed E-state index contributed by atoms with van der Waals surface area (Å²) in [5.74, 6) is -1.67. The number of hydrogen-bond donors (Lipinski definition) is 3. The first-order valence-electron chi connectivity index (χ1n) is 2.17. The molecule has 0 unspecified atom stereocenters. The van der Waals surface area contributed by atoms with Crippen molar-refractivity contribution in [2.24, 2.45) is 0 Å². The Morgan fingerprint density at radius 3 is 1.70 bits per heavy atom. The lowest BCUT2D eigenvalue weighted by Gasteiger charge is -2.14. The first kappa shape index (κ1) is 10.6. The van der Waals surface area contributed by atoms with Crippen molar-refractivity contribution >= 4 is 47.8 Å². The topological polar surface area (TPSA) is 60.7 Å². The summed E-state index contributed by atoms with van der Waals surface area (Å²) >= 11 is 9.01. The predicted molar refractivity (Wildman–Crippen MR) is 49.3 cm³/mol. The van der Waals surface area contributed by atoms with Gasteiger partial charge in [0.25, 0.3) is 0 Å². The number of aliphatic hydroxyl groups is 3. The second-order valence-corrected chi connectivity index (χ2v) is 5.84. The Morgan fingerprint density at radius 2 is 1.60 bits per heavy atom. The zero-order valence-electron chi connectivity index (χ0n) is 4.68. The highest BCUT2D eigenvalue weighted by Gasteiger charge is 2.30. The summed E-state index contributed by atoms with van der Waals surface area (Å²) < 4.78 is -1.00. The fourth-order valence-corrected chi connectivity index (χ4v) is 0.847. The van der Waals surface area contributed by atoms with Gasteiger partial charge in [-0.25, -0.2) is 0 Å². The van der Waals surface area contributed by atoms with Gasteiger partial charge in [0, 0.05) is 5.33 Å². The number of alkyl halides is 3. The molecule has 0 bridgehead atoms. The maximum atomic E-state index is 8.91. The Bertz CT molecular complexity index is 150. The quantitative estimate of drug-likeness (QED) is 0.535. The molecule has 0 aromatic rings. The second kappa shape index (κ2) is 3.82. The van der Waals surface area contributed by atoms with Crippen LogP contribution >= 0.6 is 47.8 Å². The summed E-state index contributed by atoms with van der Waals surface area (Å²) in [6.45, 7) is 0. The van der Waals surface area contributed by atoms with Crippen molar-refractivity contribution in [1.29, 1.82) is 0 Å². The average molecular weight is 341 g/mol. The molecule has 0 aliphatic rings. The third-order valence-corrected chi connectivity index (χ3v) is 4.38. The van der Waals surface area contributed by atoms with Gasteiger partial charge in [-0.1, -0.05) is 47.8 Å². The van der Waals surface area contributed by atoms with Gasteiger partial charge in [-0.3, -0.25) is 0 Å². The maximum Gasteiger partial charge on any atom is 0.316 e. The predicted octanol–water partition coefficient (Wildman–Crippen LogP) is 2.71. The highest BCUT2D eigenvalue weighted by atomic mass is 79.9. The van der Waals surface area contributed by atoms with Gasteiger partial charge >= 0.3 is 5.95 Å². The molecule has 0 aromatic carbocycles. The van der Waals surface area contributed by atoms with Gasteiger partial charge in [-0.2, -0.15) is 0 Å². The average Bonchev–Trinajstić information content (AvgIpc) is 1.86. The van der Waals surface area contributed by atoms with E-state index in [1.807, 2.05) is 0 Å². The van der Waals surface area contributed by atoms with Crippen LogP contribution in [-0.2, 0) is 0 Å². The molecule has 0 rings (SSSR count). The number of aliphatic hydroxyl groups excluding tert-OH is 2. The van der Waals surface area contributed by atoms with Crippen LogP contribution in [0.5, 0.6) is 0 Å². The van der Waals surface area contributed by atoms with E-state index in [0.29, 0.717) is 5.33 Å². The standard InChI is InChI=1S/C4H5Br3O3/c5-1-4(6,7)2(8)3(9)10/h8-10H,1H2.